The van der Waals surface area contributed by atoms with Crippen LogP contribution in [0.25, 0.3) is 33.4 Å². The molecule has 7 nitrogen and oxygen atoms in total. The van der Waals surface area contributed by atoms with Crippen molar-refractivity contribution < 1.29 is 111 Å². The van der Waals surface area contributed by atoms with E-state index < -0.39 is 31.0 Å². The molecular weight excluding hydrogens is 807 g/mol. The van der Waals surface area contributed by atoms with Crippen LogP contribution in [0.2, 0.25) is 0 Å². The number of carboxylic acids is 1. The number of aromatic carboxylic acids is 1. The molecule has 0 saturated carbocycles. The summed E-state index contributed by atoms with van der Waals surface area (Å²) in [6, 6.07) is 10.7. The number of carboxylic acid groups (broad SMARTS) is 1. The third-order valence-electron chi connectivity index (χ3n) is 5.05. The van der Waals surface area contributed by atoms with Gasteiger partial charge in [0, 0.05) is 13.2 Å². The van der Waals surface area contributed by atoms with Gasteiger partial charge in [-0.2, -0.15) is 0 Å². The maximum atomic E-state index is 12.5. The van der Waals surface area contributed by atoms with Gasteiger partial charge in [0.1, 0.15) is 0 Å². The molecule has 0 atom stereocenters. The summed E-state index contributed by atoms with van der Waals surface area (Å²) in [4.78, 5) is 23.9. The SMILES string of the molecule is CCOCC.O=C([O-])c1ccccc1-c1c2cc(Br)c(=O)cc-2oc2[c]([Hg][OH])c([O-])c(Br)cc12.[Na+].[Na+]. The molecule has 0 fully saturated rings. The number of benzene rings is 3. The summed E-state index contributed by atoms with van der Waals surface area (Å²) < 4.78 is 21.5. The second-order valence-corrected chi connectivity index (χ2v) is 12.8. The van der Waals surface area contributed by atoms with Crippen LogP contribution < -0.4 is 77.8 Å². The Morgan fingerprint density at radius 2 is 1.69 bits per heavy atom. The number of carbonyl (C=O) groups is 1. The van der Waals surface area contributed by atoms with Crippen molar-refractivity contribution in [2.24, 2.45) is 0 Å². The van der Waals surface area contributed by atoms with Crippen LogP contribution in [0.5, 0.6) is 5.75 Å². The van der Waals surface area contributed by atoms with Crippen LogP contribution in [0.3, 0.4) is 0 Å². The summed E-state index contributed by atoms with van der Waals surface area (Å²) in [5.74, 6) is -1.52. The minimum atomic E-state index is -2.75. The molecule has 2 aromatic carbocycles. The zero-order chi connectivity index (χ0) is 25.0. The Kier molecular flexibility index (Phi) is 14.9. The molecule has 0 bridgehead atoms. The predicted octanol–water partition coefficient (Wildman–Crippen LogP) is -2.81. The van der Waals surface area contributed by atoms with Crippen molar-refractivity contribution in [1.29, 1.82) is 0 Å². The first-order chi connectivity index (χ1) is 16.2. The quantitative estimate of drug-likeness (QED) is 0.171. The third-order valence-corrected chi connectivity index (χ3v) is 9.98. The predicted molar refractivity (Wildman–Crippen MR) is 128 cm³/mol. The van der Waals surface area contributed by atoms with Gasteiger partial charge in [-0.15, -0.1) is 0 Å². The first kappa shape index (κ1) is 34.2. The van der Waals surface area contributed by atoms with Crippen LogP contribution in [-0.4, -0.2) is 22.2 Å². The molecule has 0 spiro atoms. The van der Waals surface area contributed by atoms with E-state index in [1.165, 1.54) is 12.1 Å². The molecule has 2 aromatic rings. The van der Waals surface area contributed by atoms with Crippen molar-refractivity contribution in [2.75, 3.05) is 13.2 Å². The molecule has 0 amide bonds. The molecule has 12 heteroatoms. The number of halogens is 2. The van der Waals surface area contributed by atoms with Gasteiger partial charge >= 0.3 is 254 Å². The van der Waals surface area contributed by atoms with E-state index >= 15 is 0 Å². The summed E-state index contributed by atoms with van der Waals surface area (Å²) in [6.07, 6.45) is 0. The maximum Gasteiger partial charge on any atom is 1.00 e. The van der Waals surface area contributed by atoms with Crippen LogP contribution in [0, 0.1) is 0 Å². The van der Waals surface area contributed by atoms with Gasteiger partial charge in [0.05, 0.1) is 0 Å². The summed E-state index contributed by atoms with van der Waals surface area (Å²) in [5.41, 5.74) is 1.14. The molecule has 1 aliphatic carbocycles. The van der Waals surface area contributed by atoms with Crippen molar-refractivity contribution in [3.63, 3.8) is 0 Å². The Balaban J connectivity index is 0.000000846. The van der Waals surface area contributed by atoms with Gasteiger partial charge in [-0.25, -0.2) is 0 Å². The van der Waals surface area contributed by atoms with Crippen molar-refractivity contribution >= 4 is 51.9 Å². The van der Waals surface area contributed by atoms with Crippen molar-refractivity contribution in [2.45, 2.75) is 13.8 Å². The zero-order valence-electron chi connectivity index (χ0n) is 20.3. The third kappa shape index (κ3) is 7.44. The summed E-state index contributed by atoms with van der Waals surface area (Å²) >= 11 is 3.71. The van der Waals surface area contributed by atoms with Gasteiger partial charge in [-0.05, 0) is 13.8 Å². The molecule has 2 aliphatic rings. The van der Waals surface area contributed by atoms with Crippen molar-refractivity contribution in [3.05, 3.63) is 67.2 Å². The van der Waals surface area contributed by atoms with Crippen LogP contribution in [0.4, 0.5) is 0 Å². The molecule has 4 rings (SSSR count). The number of hydrogen-bond donors (Lipinski definition) is 1. The smallest absolute Gasteiger partial charge is 1.00 e. The Morgan fingerprint density at radius 1 is 1.06 bits per heavy atom. The number of ether oxygens (including phenoxy) is 1. The molecule has 0 radical (unpaired) electrons. The van der Waals surface area contributed by atoms with Gasteiger partial charge in [0.25, 0.3) is 0 Å². The zero-order valence-corrected chi connectivity index (χ0v) is 33.0. The molecule has 36 heavy (non-hydrogen) atoms. The normalized spacial score (nSPS) is 10.0. The van der Waals surface area contributed by atoms with E-state index in [2.05, 4.69) is 31.9 Å². The fraction of sp³-hybridized carbons (Fsp3) is 0.167. The maximum absolute atomic E-state index is 12.5. The summed E-state index contributed by atoms with van der Waals surface area (Å²) in [7, 11) is 0. The van der Waals surface area contributed by atoms with E-state index in [0.29, 0.717) is 22.1 Å². The Morgan fingerprint density at radius 3 is 2.25 bits per heavy atom. The molecule has 0 saturated heterocycles. The number of carbonyl (C=O) groups excluding carboxylic acids is 1. The molecular formula is C24H18Br2HgNa2O7. The van der Waals surface area contributed by atoms with E-state index in [1.807, 2.05) is 13.8 Å². The number of hydrogen-bond acceptors (Lipinski definition) is 7. The Bertz CT molecular complexity index is 1390. The average molecular weight is 825 g/mol. The number of rotatable bonds is 5. The fourth-order valence-electron chi connectivity index (χ4n) is 3.56. The summed E-state index contributed by atoms with van der Waals surface area (Å²) in [5, 5.41) is 24.7. The molecule has 0 unspecified atom stereocenters. The van der Waals surface area contributed by atoms with E-state index in [4.69, 9.17) is 9.15 Å². The summed E-state index contributed by atoms with van der Waals surface area (Å²) in [6.45, 7) is 5.67. The first-order valence-corrected chi connectivity index (χ1v) is 17.1. The van der Waals surface area contributed by atoms with Gasteiger partial charge < -0.3 is 4.74 Å². The molecule has 174 valence electrons. The van der Waals surface area contributed by atoms with E-state index in [-0.39, 0.29) is 99.2 Å². The topological polar surface area (TPSA) is 123 Å². The van der Waals surface area contributed by atoms with Crippen LogP contribution >= 0.6 is 31.9 Å². The Labute approximate surface area is 281 Å². The van der Waals surface area contributed by atoms with E-state index in [9.17, 15) is 22.8 Å². The molecule has 1 N–H and O–H groups in total. The van der Waals surface area contributed by atoms with Gasteiger partial charge in [0.15, 0.2) is 0 Å². The molecule has 1 heterocycles. The first-order valence-electron chi connectivity index (χ1n) is 10.3. The fourth-order valence-corrected chi connectivity index (χ4v) is 8.25. The van der Waals surface area contributed by atoms with Crippen molar-refractivity contribution in [3.8, 4) is 28.2 Å². The Hall–Kier alpha value is 0.215. The van der Waals surface area contributed by atoms with E-state index in [0.717, 1.165) is 13.2 Å². The molecule has 0 aromatic heterocycles. The van der Waals surface area contributed by atoms with E-state index in [1.54, 1.807) is 30.3 Å². The standard InChI is InChI=1S/C20H9Br2O5.C4H10O.Hg.2Na.H2O/c21-13-5-11-17(7-15(13)23)27-18-8-16(24)14(22)6-12(18)19(11)9-3-1-2-4-10(9)20(25)26;1-3-5-4-2;;;;/h1-7,24H,(H,25,26);3-4H2,1-2H3;;;;1H2/q;;3*+1;/p-3. The van der Waals surface area contributed by atoms with Crippen molar-refractivity contribution in [1.82, 2.24) is 0 Å². The largest absolute Gasteiger partial charge is 1.00 e. The van der Waals surface area contributed by atoms with Gasteiger partial charge in [0.2, 0.25) is 0 Å². The van der Waals surface area contributed by atoms with Gasteiger partial charge in [-0.3, -0.25) is 0 Å². The second-order valence-electron chi connectivity index (χ2n) is 7.07. The second kappa shape index (κ2) is 15.7. The minimum Gasteiger partial charge on any atom is 1.00 e. The number of fused-ring (bicyclic) bond motifs is 2. The minimum absolute atomic E-state index is 0. The average Bonchev–Trinajstić information content (AvgIpc) is 2.81. The monoisotopic (exact) mass is 824 g/mol. The van der Waals surface area contributed by atoms with Crippen LogP contribution in [0.1, 0.15) is 24.2 Å². The molecule has 1 aliphatic heterocycles. The van der Waals surface area contributed by atoms with Crippen LogP contribution in [0.15, 0.2) is 60.6 Å². The van der Waals surface area contributed by atoms with Gasteiger partial charge in [-0.1, -0.05) is 0 Å². The van der Waals surface area contributed by atoms with Crippen LogP contribution in [-0.2, 0) is 29.8 Å².